The van der Waals surface area contributed by atoms with Gasteiger partial charge in [-0.2, -0.15) is 0 Å². The summed E-state index contributed by atoms with van der Waals surface area (Å²) in [5, 5.41) is 11.4. The van der Waals surface area contributed by atoms with E-state index in [9.17, 15) is 18.8 Å². The Morgan fingerprint density at radius 3 is 2.22 bits per heavy atom. The lowest BCUT2D eigenvalue weighted by atomic mass is 10.0. The van der Waals surface area contributed by atoms with Crippen LogP contribution in [0.15, 0.2) is 12.1 Å². The molecular weight excluding hydrogens is 241 g/mol. The van der Waals surface area contributed by atoms with Gasteiger partial charge >= 0.3 is 5.97 Å². The first-order chi connectivity index (χ1) is 8.53. The molecule has 1 rings (SSSR count). The Balaban J connectivity index is 3.13. The Labute approximate surface area is 103 Å². The summed E-state index contributed by atoms with van der Waals surface area (Å²) < 4.78 is 13.4. The number of benzene rings is 1. The van der Waals surface area contributed by atoms with Crippen LogP contribution in [0.3, 0.4) is 0 Å². The largest absolute Gasteiger partial charge is 0.480 e. The van der Waals surface area contributed by atoms with Crippen LogP contribution < -0.4 is 5.32 Å². The molecule has 0 unspecified atom stereocenters. The lowest BCUT2D eigenvalue weighted by Crippen LogP contribution is -2.35. The number of carbonyl (C=O) groups is 3. The number of hydrogen-bond acceptors (Lipinski definition) is 4. The molecule has 0 saturated heterocycles. The summed E-state index contributed by atoms with van der Waals surface area (Å²) in [5.74, 6) is -1.96. The molecular formula is C12H12FNO4. The average Bonchev–Trinajstić information content (AvgIpc) is 2.36. The standard InChI is InChI=1S/C12H12FNO4/c1-14-10(12(17)18)4-7-2-8(5-15)11(13)9(3-7)6-16/h2-3,5-6,10,14H,4H2,1H3,(H,17,18)/t10-/m0/s1. The van der Waals surface area contributed by atoms with Crippen LogP contribution in [-0.2, 0) is 11.2 Å². The zero-order valence-corrected chi connectivity index (χ0v) is 9.64. The highest BCUT2D eigenvalue weighted by Crippen LogP contribution is 2.15. The van der Waals surface area contributed by atoms with Crippen molar-refractivity contribution in [3.63, 3.8) is 0 Å². The Kier molecular flexibility index (Phi) is 4.67. The average molecular weight is 253 g/mol. The summed E-state index contributed by atoms with van der Waals surface area (Å²) in [6.45, 7) is 0. The third kappa shape index (κ3) is 2.98. The van der Waals surface area contributed by atoms with Gasteiger partial charge in [0.2, 0.25) is 0 Å². The molecule has 0 radical (unpaired) electrons. The smallest absolute Gasteiger partial charge is 0.321 e. The fourth-order valence-electron chi connectivity index (χ4n) is 1.57. The molecule has 96 valence electrons. The van der Waals surface area contributed by atoms with E-state index in [1.165, 1.54) is 19.2 Å². The van der Waals surface area contributed by atoms with Crippen molar-refractivity contribution < 1.29 is 23.9 Å². The summed E-state index contributed by atoms with van der Waals surface area (Å²) >= 11 is 0. The second-order valence-corrected chi connectivity index (χ2v) is 3.71. The molecule has 1 atom stereocenters. The predicted molar refractivity (Wildman–Crippen MR) is 61.4 cm³/mol. The van der Waals surface area contributed by atoms with Crippen LogP contribution >= 0.6 is 0 Å². The summed E-state index contributed by atoms with van der Waals surface area (Å²) in [5.41, 5.74) is -0.105. The number of aldehydes is 2. The molecule has 0 bridgehead atoms. The number of rotatable bonds is 6. The Hall–Kier alpha value is -2.08. The fraction of sp³-hybridized carbons (Fsp3) is 0.250. The van der Waals surface area contributed by atoms with Crippen LogP contribution in [0.25, 0.3) is 0 Å². The van der Waals surface area contributed by atoms with E-state index in [0.717, 1.165) is 0 Å². The van der Waals surface area contributed by atoms with Gasteiger partial charge in [0, 0.05) is 0 Å². The van der Waals surface area contributed by atoms with Crippen molar-refractivity contribution in [3.05, 3.63) is 34.6 Å². The lowest BCUT2D eigenvalue weighted by Gasteiger charge is -2.12. The normalized spacial score (nSPS) is 11.9. The van der Waals surface area contributed by atoms with Gasteiger partial charge in [0.15, 0.2) is 12.6 Å². The van der Waals surface area contributed by atoms with E-state index < -0.39 is 17.8 Å². The van der Waals surface area contributed by atoms with Gasteiger partial charge in [-0.1, -0.05) is 0 Å². The molecule has 5 nitrogen and oxygen atoms in total. The first kappa shape index (κ1) is 14.0. The lowest BCUT2D eigenvalue weighted by molar-refractivity contribution is -0.139. The SMILES string of the molecule is CN[C@@H](Cc1cc(C=O)c(F)c(C=O)c1)C(=O)O. The van der Waals surface area contributed by atoms with Gasteiger partial charge in [-0.25, -0.2) is 4.39 Å². The van der Waals surface area contributed by atoms with E-state index in [2.05, 4.69) is 5.32 Å². The fourth-order valence-corrected chi connectivity index (χ4v) is 1.57. The van der Waals surface area contributed by atoms with Crippen molar-refractivity contribution in [2.24, 2.45) is 0 Å². The van der Waals surface area contributed by atoms with Crippen molar-refractivity contribution in [1.29, 1.82) is 0 Å². The highest BCUT2D eigenvalue weighted by molar-refractivity contribution is 5.83. The van der Waals surface area contributed by atoms with Crippen molar-refractivity contribution in [3.8, 4) is 0 Å². The molecule has 0 fully saturated rings. The number of likely N-dealkylation sites (N-methyl/N-ethyl adjacent to an activating group) is 1. The number of carboxylic acid groups (broad SMARTS) is 1. The molecule has 0 heterocycles. The van der Waals surface area contributed by atoms with Crippen LogP contribution in [0.2, 0.25) is 0 Å². The van der Waals surface area contributed by atoms with Gasteiger partial charge in [0.05, 0.1) is 11.1 Å². The number of aliphatic carboxylic acids is 1. The van der Waals surface area contributed by atoms with Crippen molar-refractivity contribution in [1.82, 2.24) is 5.32 Å². The number of carboxylic acids is 1. The van der Waals surface area contributed by atoms with Crippen molar-refractivity contribution >= 4 is 18.5 Å². The highest BCUT2D eigenvalue weighted by atomic mass is 19.1. The zero-order valence-electron chi connectivity index (χ0n) is 9.64. The van der Waals surface area contributed by atoms with Crippen LogP contribution in [0.1, 0.15) is 26.3 Å². The summed E-state index contributed by atoms with van der Waals surface area (Å²) in [4.78, 5) is 32.1. The van der Waals surface area contributed by atoms with E-state index >= 15 is 0 Å². The van der Waals surface area contributed by atoms with E-state index in [1.54, 1.807) is 0 Å². The number of nitrogens with one attached hydrogen (secondary N) is 1. The minimum atomic E-state index is -1.07. The third-order valence-corrected chi connectivity index (χ3v) is 2.53. The highest BCUT2D eigenvalue weighted by Gasteiger charge is 2.17. The maximum atomic E-state index is 13.4. The van der Waals surface area contributed by atoms with Crippen LogP contribution in [0.5, 0.6) is 0 Å². The topological polar surface area (TPSA) is 83.5 Å². The molecule has 1 aromatic rings. The molecule has 6 heteroatoms. The first-order valence-corrected chi connectivity index (χ1v) is 5.16. The Morgan fingerprint density at radius 2 is 1.89 bits per heavy atom. The Morgan fingerprint density at radius 1 is 1.39 bits per heavy atom. The van der Waals surface area contributed by atoms with Crippen LogP contribution in [-0.4, -0.2) is 36.7 Å². The van der Waals surface area contributed by atoms with Gasteiger partial charge in [0.1, 0.15) is 11.9 Å². The molecule has 1 aromatic carbocycles. The maximum absolute atomic E-state index is 13.4. The molecule has 0 aliphatic rings. The van der Waals surface area contributed by atoms with E-state index in [4.69, 9.17) is 5.11 Å². The molecule has 0 aliphatic heterocycles. The van der Waals surface area contributed by atoms with Gasteiger partial charge < -0.3 is 10.4 Å². The van der Waals surface area contributed by atoms with Crippen LogP contribution in [0.4, 0.5) is 4.39 Å². The van der Waals surface area contributed by atoms with Gasteiger partial charge in [-0.05, 0) is 31.2 Å². The van der Waals surface area contributed by atoms with Gasteiger partial charge in [0.25, 0.3) is 0 Å². The summed E-state index contributed by atoms with van der Waals surface area (Å²) in [6, 6.07) is 1.61. The maximum Gasteiger partial charge on any atom is 0.321 e. The molecule has 2 N–H and O–H groups in total. The molecule has 18 heavy (non-hydrogen) atoms. The predicted octanol–water partition coefficient (Wildman–Crippen LogP) is 0.666. The second-order valence-electron chi connectivity index (χ2n) is 3.71. The monoisotopic (exact) mass is 253 g/mol. The van der Waals surface area contributed by atoms with E-state index in [1.807, 2.05) is 0 Å². The third-order valence-electron chi connectivity index (χ3n) is 2.53. The number of halogens is 1. The van der Waals surface area contributed by atoms with Crippen molar-refractivity contribution in [2.45, 2.75) is 12.5 Å². The minimum Gasteiger partial charge on any atom is -0.480 e. The first-order valence-electron chi connectivity index (χ1n) is 5.16. The van der Waals surface area contributed by atoms with E-state index in [0.29, 0.717) is 18.1 Å². The summed E-state index contributed by atoms with van der Waals surface area (Å²) in [7, 11) is 1.48. The molecule has 0 aliphatic carbocycles. The molecule has 0 saturated carbocycles. The quantitative estimate of drug-likeness (QED) is 0.728. The molecule has 0 amide bonds. The summed E-state index contributed by atoms with van der Waals surface area (Å²) in [6.07, 6.45) is 0.635. The van der Waals surface area contributed by atoms with Gasteiger partial charge in [-0.15, -0.1) is 0 Å². The molecule has 0 aromatic heterocycles. The zero-order chi connectivity index (χ0) is 13.7. The Bertz CT molecular complexity index is 458. The molecule has 0 spiro atoms. The van der Waals surface area contributed by atoms with Gasteiger partial charge in [-0.3, -0.25) is 14.4 Å². The van der Waals surface area contributed by atoms with E-state index in [-0.39, 0.29) is 17.5 Å². The van der Waals surface area contributed by atoms with Crippen molar-refractivity contribution in [2.75, 3.05) is 7.05 Å². The number of hydrogen-bond donors (Lipinski definition) is 2. The number of carbonyl (C=O) groups excluding carboxylic acids is 2. The second kappa shape index (κ2) is 6.02. The minimum absolute atomic E-state index is 0.0494. The van der Waals surface area contributed by atoms with Crippen LogP contribution in [0, 0.1) is 5.82 Å².